The number of hydrogen-bond acceptors (Lipinski definition) is 5. The normalized spacial score (nSPS) is 12.6. The van der Waals surface area contributed by atoms with Gasteiger partial charge in [0.05, 0.1) is 31.6 Å². The number of aliphatic hydroxyl groups is 1. The molecule has 17 heavy (non-hydrogen) atoms. The summed E-state index contributed by atoms with van der Waals surface area (Å²) < 4.78 is 10.0. The van der Waals surface area contributed by atoms with Crippen LogP contribution in [0.15, 0.2) is 24.4 Å². The van der Waals surface area contributed by atoms with Crippen molar-refractivity contribution in [2.75, 3.05) is 33.5 Å². The minimum atomic E-state index is -0.504. The highest BCUT2D eigenvalue weighted by atomic mass is 16.5. The number of nitrogens with zero attached hydrogens (tertiary/aromatic N) is 1. The quantitative estimate of drug-likeness (QED) is 0.604. The lowest BCUT2D eigenvalue weighted by molar-refractivity contribution is 0.0137. The second kappa shape index (κ2) is 9.07. The molecule has 1 heterocycles. The second-order valence-corrected chi connectivity index (χ2v) is 3.67. The van der Waals surface area contributed by atoms with Crippen LogP contribution in [0.5, 0.6) is 0 Å². The first-order valence-corrected chi connectivity index (χ1v) is 5.68. The first-order valence-electron chi connectivity index (χ1n) is 5.68. The molecule has 0 saturated heterocycles. The maximum absolute atomic E-state index is 9.58. The fourth-order valence-corrected chi connectivity index (χ4v) is 1.29. The number of methoxy groups -OCH3 is 1. The second-order valence-electron chi connectivity index (χ2n) is 3.67. The standard InChI is InChI=1S/C12H20N2O3/c1-16-6-7-17-10-12(15)9-13-8-11-4-2-3-5-14-11/h2-5,12-13,15H,6-10H2,1H3. The number of aliphatic hydroxyl groups excluding tert-OH is 1. The lowest BCUT2D eigenvalue weighted by Gasteiger charge is -2.11. The largest absolute Gasteiger partial charge is 0.389 e. The summed E-state index contributed by atoms with van der Waals surface area (Å²) in [4.78, 5) is 4.17. The Morgan fingerprint density at radius 2 is 2.29 bits per heavy atom. The molecule has 0 radical (unpaired) electrons. The van der Waals surface area contributed by atoms with Gasteiger partial charge in [-0.05, 0) is 12.1 Å². The molecule has 0 amide bonds. The van der Waals surface area contributed by atoms with Crippen molar-refractivity contribution in [3.05, 3.63) is 30.1 Å². The average molecular weight is 240 g/mol. The van der Waals surface area contributed by atoms with Crippen molar-refractivity contribution in [1.29, 1.82) is 0 Å². The predicted molar refractivity (Wildman–Crippen MR) is 64.6 cm³/mol. The van der Waals surface area contributed by atoms with Gasteiger partial charge in [-0.1, -0.05) is 6.07 Å². The molecule has 1 rings (SSSR count). The van der Waals surface area contributed by atoms with Gasteiger partial charge in [0.1, 0.15) is 0 Å². The van der Waals surface area contributed by atoms with Gasteiger partial charge in [-0.15, -0.1) is 0 Å². The molecule has 96 valence electrons. The number of pyridine rings is 1. The van der Waals surface area contributed by atoms with Crippen molar-refractivity contribution in [1.82, 2.24) is 10.3 Å². The first kappa shape index (κ1) is 14.1. The molecule has 5 heteroatoms. The predicted octanol–water partition coefficient (Wildman–Crippen LogP) is 0.195. The Hall–Kier alpha value is -1.01. The molecule has 2 N–H and O–H groups in total. The van der Waals surface area contributed by atoms with Gasteiger partial charge in [0.2, 0.25) is 0 Å². The van der Waals surface area contributed by atoms with E-state index in [4.69, 9.17) is 9.47 Å². The molecule has 1 atom stereocenters. The molecule has 1 unspecified atom stereocenters. The first-order chi connectivity index (χ1) is 8.33. The lowest BCUT2D eigenvalue weighted by Crippen LogP contribution is -2.30. The minimum absolute atomic E-state index is 0.318. The zero-order chi connectivity index (χ0) is 12.3. The van der Waals surface area contributed by atoms with E-state index in [0.29, 0.717) is 32.9 Å². The van der Waals surface area contributed by atoms with Gasteiger partial charge in [0.25, 0.3) is 0 Å². The summed E-state index contributed by atoms with van der Waals surface area (Å²) in [5, 5.41) is 12.7. The van der Waals surface area contributed by atoms with Crippen LogP contribution >= 0.6 is 0 Å². The summed E-state index contributed by atoms with van der Waals surface area (Å²) in [7, 11) is 1.62. The van der Waals surface area contributed by atoms with E-state index in [1.807, 2.05) is 18.2 Å². The lowest BCUT2D eigenvalue weighted by atomic mass is 10.3. The van der Waals surface area contributed by atoms with Gasteiger partial charge in [0, 0.05) is 26.4 Å². The molecule has 0 fully saturated rings. The summed E-state index contributed by atoms with van der Waals surface area (Å²) in [5.74, 6) is 0. The van der Waals surface area contributed by atoms with Gasteiger partial charge in [-0.3, -0.25) is 4.98 Å². The molecular formula is C12H20N2O3. The molecule has 0 saturated carbocycles. The zero-order valence-electron chi connectivity index (χ0n) is 10.1. The van der Waals surface area contributed by atoms with E-state index in [2.05, 4.69) is 10.3 Å². The molecule has 0 aliphatic heterocycles. The summed E-state index contributed by atoms with van der Waals surface area (Å²) >= 11 is 0. The molecule has 0 aliphatic carbocycles. The number of aromatic nitrogens is 1. The number of nitrogens with one attached hydrogen (secondary N) is 1. The Kier molecular flexibility index (Phi) is 7.49. The van der Waals surface area contributed by atoms with Gasteiger partial charge in [-0.2, -0.15) is 0 Å². The summed E-state index contributed by atoms with van der Waals surface area (Å²) in [5.41, 5.74) is 0.958. The van der Waals surface area contributed by atoms with Gasteiger partial charge >= 0.3 is 0 Å². The Morgan fingerprint density at radius 1 is 1.41 bits per heavy atom. The number of hydrogen-bond donors (Lipinski definition) is 2. The van der Waals surface area contributed by atoms with Gasteiger partial charge in [0.15, 0.2) is 0 Å². The van der Waals surface area contributed by atoms with Gasteiger partial charge < -0.3 is 19.9 Å². The van der Waals surface area contributed by atoms with Crippen molar-refractivity contribution < 1.29 is 14.6 Å². The van der Waals surface area contributed by atoms with E-state index in [-0.39, 0.29) is 0 Å². The number of ether oxygens (including phenoxy) is 2. The molecule has 0 spiro atoms. The van der Waals surface area contributed by atoms with Crippen LogP contribution in [0, 0.1) is 0 Å². The van der Waals surface area contributed by atoms with E-state index in [0.717, 1.165) is 5.69 Å². The highest BCUT2D eigenvalue weighted by molar-refractivity contribution is 5.02. The zero-order valence-corrected chi connectivity index (χ0v) is 10.1. The third kappa shape index (κ3) is 7.01. The SMILES string of the molecule is COCCOCC(O)CNCc1ccccn1. The summed E-state index contributed by atoms with van der Waals surface area (Å²) in [6.45, 7) is 2.51. The molecule has 0 bridgehead atoms. The van der Waals surface area contributed by atoms with Crippen LogP contribution in [-0.4, -0.2) is 49.7 Å². The molecule has 1 aromatic heterocycles. The fraction of sp³-hybridized carbons (Fsp3) is 0.583. The Morgan fingerprint density at radius 3 is 3.00 bits per heavy atom. The third-order valence-corrected chi connectivity index (χ3v) is 2.15. The Balaban J connectivity index is 2.02. The van der Waals surface area contributed by atoms with Crippen LogP contribution in [0.4, 0.5) is 0 Å². The molecule has 0 aliphatic rings. The maximum atomic E-state index is 9.58. The molecule has 1 aromatic rings. The van der Waals surface area contributed by atoms with Crippen LogP contribution in [0.2, 0.25) is 0 Å². The Bertz CT molecular complexity index is 282. The van der Waals surface area contributed by atoms with E-state index >= 15 is 0 Å². The maximum Gasteiger partial charge on any atom is 0.0897 e. The highest BCUT2D eigenvalue weighted by Gasteiger charge is 2.03. The van der Waals surface area contributed by atoms with E-state index in [9.17, 15) is 5.11 Å². The summed E-state index contributed by atoms with van der Waals surface area (Å²) in [6.07, 6.45) is 1.25. The third-order valence-electron chi connectivity index (χ3n) is 2.15. The van der Waals surface area contributed by atoms with Crippen LogP contribution in [0.3, 0.4) is 0 Å². The van der Waals surface area contributed by atoms with Crippen LogP contribution in [0.1, 0.15) is 5.69 Å². The van der Waals surface area contributed by atoms with Crippen LogP contribution in [-0.2, 0) is 16.0 Å². The van der Waals surface area contributed by atoms with E-state index in [1.165, 1.54) is 0 Å². The smallest absolute Gasteiger partial charge is 0.0897 e. The van der Waals surface area contributed by atoms with E-state index in [1.54, 1.807) is 13.3 Å². The van der Waals surface area contributed by atoms with Gasteiger partial charge in [-0.25, -0.2) is 0 Å². The molecule has 0 aromatic carbocycles. The van der Waals surface area contributed by atoms with Crippen molar-refractivity contribution in [2.24, 2.45) is 0 Å². The highest BCUT2D eigenvalue weighted by Crippen LogP contribution is 1.92. The van der Waals surface area contributed by atoms with Crippen LogP contribution in [0.25, 0.3) is 0 Å². The van der Waals surface area contributed by atoms with Crippen molar-refractivity contribution in [2.45, 2.75) is 12.6 Å². The van der Waals surface area contributed by atoms with Crippen molar-refractivity contribution in [3.63, 3.8) is 0 Å². The topological polar surface area (TPSA) is 63.6 Å². The molecule has 5 nitrogen and oxygen atoms in total. The average Bonchev–Trinajstić information content (AvgIpc) is 2.36. The minimum Gasteiger partial charge on any atom is -0.389 e. The summed E-state index contributed by atoms with van der Waals surface area (Å²) in [6, 6.07) is 5.75. The van der Waals surface area contributed by atoms with Crippen molar-refractivity contribution in [3.8, 4) is 0 Å². The Labute approximate surface area is 102 Å². The van der Waals surface area contributed by atoms with E-state index < -0.39 is 6.10 Å². The fourth-order valence-electron chi connectivity index (χ4n) is 1.29. The van der Waals surface area contributed by atoms with Crippen molar-refractivity contribution >= 4 is 0 Å². The molecular weight excluding hydrogens is 220 g/mol. The van der Waals surface area contributed by atoms with Crippen LogP contribution < -0.4 is 5.32 Å². The number of rotatable bonds is 9. The monoisotopic (exact) mass is 240 g/mol.